The number of halogens is 1. The standard InChI is InChI=1S/C19H20ClNO4/c1-13-6-8-15(9-7-13)24-11-10-19(23)25-12-18(22)21-17-5-3-4-16(20)14(17)2/h3-9H,10-12H2,1-2H3,(H,21,22). The summed E-state index contributed by atoms with van der Waals surface area (Å²) < 4.78 is 10.4. The van der Waals surface area contributed by atoms with E-state index in [9.17, 15) is 9.59 Å². The first-order chi connectivity index (χ1) is 12.0. The van der Waals surface area contributed by atoms with Crippen LogP contribution in [0.15, 0.2) is 42.5 Å². The molecule has 0 unspecified atom stereocenters. The summed E-state index contributed by atoms with van der Waals surface area (Å²) in [7, 11) is 0. The number of ether oxygens (including phenoxy) is 2. The Kier molecular flexibility index (Phi) is 6.83. The quantitative estimate of drug-likeness (QED) is 0.759. The van der Waals surface area contributed by atoms with E-state index in [2.05, 4.69) is 5.32 Å². The van der Waals surface area contributed by atoms with Gasteiger partial charge in [0, 0.05) is 10.7 Å². The summed E-state index contributed by atoms with van der Waals surface area (Å²) in [5.41, 5.74) is 2.49. The Hall–Kier alpha value is -2.53. The molecule has 0 saturated carbocycles. The largest absolute Gasteiger partial charge is 0.493 e. The first-order valence-corrected chi connectivity index (χ1v) is 8.23. The number of esters is 1. The van der Waals surface area contributed by atoms with Crippen molar-refractivity contribution in [3.05, 3.63) is 58.6 Å². The average Bonchev–Trinajstić information content (AvgIpc) is 2.59. The second kappa shape index (κ2) is 9.08. The summed E-state index contributed by atoms with van der Waals surface area (Å²) in [5.74, 6) is -0.226. The highest BCUT2D eigenvalue weighted by Gasteiger charge is 2.10. The molecule has 0 heterocycles. The van der Waals surface area contributed by atoms with Gasteiger partial charge in [0.2, 0.25) is 0 Å². The Morgan fingerprint density at radius 2 is 1.80 bits per heavy atom. The maximum atomic E-state index is 11.8. The molecule has 0 aromatic heterocycles. The van der Waals surface area contributed by atoms with Gasteiger partial charge in [0.25, 0.3) is 5.91 Å². The van der Waals surface area contributed by atoms with Crippen LogP contribution in [0, 0.1) is 13.8 Å². The van der Waals surface area contributed by atoms with Gasteiger partial charge < -0.3 is 14.8 Å². The van der Waals surface area contributed by atoms with Crippen molar-refractivity contribution >= 4 is 29.2 Å². The summed E-state index contributed by atoms with van der Waals surface area (Å²) in [5, 5.41) is 3.22. The molecular weight excluding hydrogens is 342 g/mol. The molecule has 1 N–H and O–H groups in total. The molecule has 0 atom stereocenters. The van der Waals surface area contributed by atoms with Gasteiger partial charge in [0.1, 0.15) is 5.75 Å². The number of benzene rings is 2. The van der Waals surface area contributed by atoms with Crippen LogP contribution in [0.2, 0.25) is 5.02 Å². The Balaban J connectivity index is 1.69. The van der Waals surface area contributed by atoms with E-state index in [1.807, 2.05) is 31.2 Å². The van der Waals surface area contributed by atoms with Crippen LogP contribution in [-0.2, 0) is 14.3 Å². The topological polar surface area (TPSA) is 64.6 Å². The third kappa shape index (κ3) is 6.12. The summed E-state index contributed by atoms with van der Waals surface area (Å²) in [6.07, 6.45) is 0.0668. The number of carbonyl (C=O) groups excluding carboxylic acids is 2. The minimum Gasteiger partial charge on any atom is -0.493 e. The van der Waals surface area contributed by atoms with Crippen molar-refractivity contribution in [1.82, 2.24) is 0 Å². The van der Waals surface area contributed by atoms with E-state index in [1.54, 1.807) is 25.1 Å². The van der Waals surface area contributed by atoms with Crippen molar-refractivity contribution in [2.75, 3.05) is 18.5 Å². The Morgan fingerprint density at radius 3 is 2.52 bits per heavy atom. The fourth-order valence-electron chi connectivity index (χ4n) is 2.03. The number of anilines is 1. The third-order valence-electron chi connectivity index (χ3n) is 3.50. The number of rotatable bonds is 7. The first-order valence-electron chi connectivity index (χ1n) is 7.86. The summed E-state index contributed by atoms with van der Waals surface area (Å²) in [6.45, 7) is 3.62. The average molecular weight is 362 g/mol. The lowest BCUT2D eigenvalue weighted by molar-refractivity contribution is -0.147. The van der Waals surface area contributed by atoms with E-state index >= 15 is 0 Å². The molecule has 0 aliphatic heterocycles. The highest BCUT2D eigenvalue weighted by atomic mass is 35.5. The Bertz CT molecular complexity index is 744. The fraction of sp³-hybridized carbons (Fsp3) is 0.263. The van der Waals surface area contributed by atoms with Crippen molar-refractivity contribution < 1.29 is 19.1 Å². The Morgan fingerprint density at radius 1 is 1.08 bits per heavy atom. The molecule has 0 fully saturated rings. The lowest BCUT2D eigenvalue weighted by Crippen LogP contribution is -2.22. The van der Waals surface area contributed by atoms with Crippen molar-refractivity contribution in [1.29, 1.82) is 0 Å². The fourth-order valence-corrected chi connectivity index (χ4v) is 2.21. The number of amides is 1. The van der Waals surface area contributed by atoms with E-state index in [0.717, 1.165) is 11.1 Å². The van der Waals surface area contributed by atoms with Gasteiger partial charge >= 0.3 is 5.97 Å². The normalized spacial score (nSPS) is 10.2. The highest BCUT2D eigenvalue weighted by molar-refractivity contribution is 6.31. The smallest absolute Gasteiger partial charge is 0.309 e. The molecule has 0 aliphatic rings. The molecule has 132 valence electrons. The minimum absolute atomic E-state index is 0.0668. The van der Waals surface area contributed by atoms with Gasteiger partial charge in [0.15, 0.2) is 6.61 Å². The number of aryl methyl sites for hydroxylation is 1. The molecule has 0 bridgehead atoms. The number of hydrogen-bond donors (Lipinski definition) is 1. The van der Waals surface area contributed by atoms with Crippen LogP contribution in [-0.4, -0.2) is 25.1 Å². The van der Waals surface area contributed by atoms with Gasteiger partial charge in [-0.25, -0.2) is 0 Å². The zero-order valence-electron chi connectivity index (χ0n) is 14.2. The lowest BCUT2D eigenvalue weighted by atomic mass is 10.2. The molecule has 25 heavy (non-hydrogen) atoms. The van der Waals surface area contributed by atoms with Crippen molar-refractivity contribution in [3.8, 4) is 5.75 Å². The van der Waals surface area contributed by atoms with Crippen LogP contribution in [0.5, 0.6) is 5.75 Å². The molecule has 0 saturated heterocycles. The Labute approximate surface area is 151 Å². The zero-order chi connectivity index (χ0) is 18.2. The molecule has 1 amide bonds. The maximum absolute atomic E-state index is 11.8. The van der Waals surface area contributed by atoms with E-state index in [1.165, 1.54) is 0 Å². The predicted octanol–water partition coefficient (Wildman–Crippen LogP) is 3.91. The second-order valence-electron chi connectivity index (χ2n) is 5.53. The van der Waals surface area contributed by atoms with E-state index in [0.29, 0.717) is 16.5 Å². The first kappa shape index (κ1) is 18.8. The third-order valence-corrected chi connectivity index (χ3v) is 3.91. The van der Waals surface area contributed by atoms with Gasteiger partial charge in [-0.2, -0.15) is 0 Å². The van der Waals surface area contributed by atoms with Crippen LogP contribution < -0.4 is 10.1 Å². The van der Waals surface area contributed by atoms with E-state index in [-0.39, 0.29) is 19.6 Å². The van der Waals surface area contributed by atoms with Crippen LogP contribution in [0.25, 0.3) is 0 Å². The van der Waals surface area contributed by atoms with E-state index in [4.69, 9.17) is 21.1 Å². The molecule has 2 aromatic rings. The number of carbonyl (C=O) groups is 2. The maximum Gasteiger partial charge on any atom is 0.309 e. The van der Waals surface area contributed by atoms with Crippen molar-refractivity contribution in [3.63, 3.8) is 0 Å². The van der Waals surface area contributed by atoms with Gasteiger partial charge in [-0.3, -0.25) is 9.59 Å². The van der Waals surface area contributed by atoms with E-state index < -0.39 is 11.9 Å². The van der Waals surface area contributed by atoms with Gasteiger partial charge in [-0.05, 0) is 43.7 Å². The molecule has 0 aliphatic carbocycles. The van der Waals surface area contributed by atoms with Gasteiger partial charge in [-0.15, -0.1) is 0 Å². The molecule has 2 rings (SSSR count). The van der Waals surface area contributed by atoms with Crippen LogP contribution in [0.4, 0.5) is 5.69 Å². The summed E-state index contributed by atoms with van der Waals surface area (Å²) in [6, 6.07) is 12.7. The van der Waals surface area contributed by atoms with Crippen LogP contribution in [0.3, 0.4) is 0 Å². The molecule has 5 nitrogen and oxygen atoms in total. The van der Waals surface area contributed by atoms with Gasteiger partial charge in [-0.1, -0.05) is 35.4 Å². The molecule has 0 spiro atoms. The second-order valence-corrected chi connectivity index (χ2v) is 5.94. The number of nitrogens with one attached hydrogen (secondary N) is 1. The lowest BCUT2D eigenvalue weighted by Gasteiger charge is -2.10. The summed E-state index contributed by atoms with van der Waals surface area (Å²) >= 11 is 5.99. The highest BCUT2D eigenvalue weighted by Crippen LogP contribution is 2.22. The van der Waals surface area contributed by atoms with Crippen molar-refractivity contribution in [2.24, 2.45) is 0 Å². The minimum atomic E-state index is -0.495. The van der Waals surface area contributed by atoms with Crippen molar-refractivity contribution in [2.45, 2.75) is 20.3 Å². The SMILES string of the molecule is Cc1ccc(OCCC(=O)OCC(=O)Nc2cccc(Cl)c2C)cc1. The zero-order valence-corrected chi connectivity index (χ0v) is 14.9. The predicted molar refractivity (Wildman–Crippen MR) is 97.1 cm³/mol. The molecule has 6 heteroatoms. The summed E-state index contributed by atoms with van der Waals surface area (Å²) in [4.78, 5) is 23.5. The molecular formula is C19H20ClNO4. The van der Waals surface area contributed by atoms with Crippen LogP contribution in [0.1, 0.15) is 17.5 Å². The number of hydrogen-bond acceptors (Lipinski definition) is 4. The molecule has 2 aromatic carbocycles. The molecule has 0 radical (unpaired) electrons. The monoisotopic (exact) mass is 361 g/mol. The van der Waals surface area contributed by atoms with Crippen LogP contribution >= 0.6 is 11.6 Å². The van der Waals surface area contributed by atoms with Gasteiger partial charge in [0.05, 0.1) is 13.0 Å².